The van der Waals surface area contributed by atoms with E-state index in [1.54, 1.807) is 27.7 Å². The largest absolute Gasteiger partial charge is 0.444 e. The normalized spacial score (nSPS) is 13.2. The Bertz CT molecular complexity index is 681. The van der Waals surface area contributed by atoms with Gasteiger partial charge in [0.15, 0.2) is 5.78 Å². The van der Waals surface area contributed by atoms with Crippen LogP contribution < -0.4 is 0 Å². The first-order valence-corrected chi connectivity index (χ1v) is 8.65. The molecule has 0 heterocycles. The number of nitrogens with zero attached hydrogens (tertiary/aromatic N) is 1. The van der Waals surface area contributed by atoms with Crippen LogP contribution in [0.25, 0.3) is 0 Å². The molecule has 0 N–H and O–H groups in total. The van der Waals surface area contributed by atoms with Gasteiger partial charge in [-0.25, -0.2) is 9.18 Å². The van der Waals surface area contributed by atoms with Crippen molar-refractivity contribution in [1.29, 1.82) is 0 Å². The summed E-state index contributed by atoms with van der Waals surface area (Å²) >= 11 is 0. The van der Waals surface area contributed by atoms with Gasteiger partial charge in [0.25, 0.3) is 0 Å². The van der Waals surface area contributed by atoms with Crippen molar-refractivity contribution in [1.82, 2.24) is 4.90 Å². The molecule has 0 fully saturated rings. The van der Waals surface area contributed by atoms with Crippen LogP contribution in [0.4, 0.5) is 22.4 Å². The third-order valence-electron chi connectivity index (χ3n) is 3.88. The molecule has 0 aromatic heterocycles. The predicted molar refractivity (Wildman–Crippen MR) is 93.0 cm³/mol. The number of hydrogen-bond donors (Lipinski definition) is 0. The van der Waals surface area contributed by atoms with Crippen LogP contribution in [0.15, 0.2) is 18.2 Å². The number of hydrogen-bond acceptors (Lipinski definition) is 3. The maximum absolute atomic E-state index is 14.1. The summed E-state index contributed by atoms with van der Waals surface area (Å²) in [5.41, 5.74) is -2.74. The number of amides is 1. The number of ether oxygens (including phenoxy) is 1. The molecule has 0 saturated carbocycles. The molecular weight excluding hydrogens is 366 g/mol. The lowest BCUT2D eigenvalue weighted by Gasteiger charge is -2.27. The van der Waals surface area contributed by atoms with Gasteiger partial charge in [-0.3, -0.25) is 4.79 Å². The Morgan fingerprint density at radius 3 is 2.26 bits per heavy atom. The van der Waals surface area contributed by atoms with Gasteiger partial charge in [0, 0.05) is 19.0 Å². The van der Waals surface area contributed by atoms with Crippen LogP contribution in [0.1, 0.15) is 57.0 Å². The molecule has 1 rings (SSSR count). The van der Waals surface area contributed by atoms with Crippen LogP contribution in [-0.2, 0) is 10.9 Å². The Labute approximate surface area is 156 Å². The van der Waals surface area contributed by atoms with Crippen LogP contribution in [0, 0.1) is 11.7 Å². The van der Waals surface area contributed by atoms with Crippen LogP contribution in [0.2, 0.25) is 0 Å². The molecule has 0 spiro atoms. The number of benzene rings is 1. The molecule has 1 amide bonds. The van der Waals surface area contributed by atoms with Crippen LogP contribution in [0.5, 0.6) is 0 Å². The Hall–Kier alpha value is -2.12. The van der Waals surface area contributed by atoms with Gasteiger partial charge in [-0.05, 0) is 46.2 Å². The average molecular weight is 391 g/mol. The highest BCUT2D eigenvalue weighted by molar-refractivity contribution is 5.98. The Morgan fingerprint density at radius 1 is 1.19 bits per heavy atom. The highest BCUT2D eigenvalue weighted by Crippen LogP contribution is 2.33. The Morgan fingerprint density at radius 2 is 1.78 bits per heavy atom. The van der Waals surface area contributed by atoms with E-state index in [1.165, 1.54) is 11.8 Å². The molecule has 0 aliphatic heterocycles. The highest BCUT2D eigenvalue weighted by atomic mass is 19.4. The molecule has 8 heteroatoms. The molecule has 0 bridgehead atoms. The van der Waals surface area contributed by atoms with E-state index < -0.39 is 46.5 Å². The van der Waals surface area contributed by atoms with E-state index in [0.717, 1.165) is 12.1 Å². The van der Waals surface area contributed by atoms with E-state index in [-0.39, 0.29) is 13.0 Å². The second-order valence-electron chi connectivity index (χ2n) is 7.28. The maximum Gasteiger partial charge on any atom is 0.419 e. The monoisotopic (exact) mass is 391 g/mol. The van der Waals surface area contributed by atoms with Crippen LogP contribution in [0.3, 0.4) is 0 Å². The molecule has 0 radical (unpaired) electrons. The quantitative estimate of drug-likeness (QED) is 0.488. The lowest BCUT2D eigenvalue weighted by molar-refractivity contribution is -0.140. The number of carbonyl (C=O) groups is 2. The first-order chi connectivity index (χ1) is 12.3. The third kappa shape index (κ3) is 6.52. The van der Waals surface area contributed by atoms with Gasteiger partial charge in [-0.1, -0.05) is 13.0 Å². The number of alkyl halides is 3. The third-order valence-corrected chi connectivity index (χ3v) is 3.88. The van der Waals surface area contributed by atoms with E-state index in [9.17, 15) is 27.2 Å². The van der Waals surface area contributed by atoms with Crippen molar-refractivity contribution in [2.75, 3.05) is 13.1 Å². The molecule has 1 aromatic rings. The van der Waals surface area contributed by atoms with Crippen molar-refractivity contribution < 1.29 is 31.9 Å². The topological polar surface area (TPSA) is 46.6 Å². The van der Waals surface area contributed by atoms with E-state index in [1.807, 2.05) is 0 Å². The van der Waals surface area contributed by atoms with Crippen molar-refractivity contribution in [3.63, 3.8) is 0 Å². The molecular formula is C19H25F4NO3. The zero-order valence-electron chi connectivity index (χ0n) is 16.1. The maximum atomic E-state index is 14.1. The summed E-state index contributed by atoms with van der Waals surface area (Å²) in [5.74, 6) is -3.07. The van der Waals surface area contributed by atoms with E-state index in [2.05, 4.69) is 0 Å². The van der Waals surface area contributed by atoms with E-state index in [0.29, 0.717) is 12.6 Å². The molecule has 0 saturated heterocycles. The van der Waals surface area contributed by atoms with Gasteiger partial charge in [0.1, 0.15) is 11.4 Å². The fourth-order valence-electron chi connectivity index (χ4n) is 2.39. The molecule has 1 unspecified atom stereocenters. The summed E-state index contributed by atoms with van der Waals surface area (Å²) in [6.45, 7) is 8.91. The Kier molecular flexibility index (Phi) is 7.40. The van der Waals surface area contributed by atoms with Crippen molar-refractivity contribution in [3.05, 3.63) is 35.1 Å². The molecule has 0 aliphatic rings. The second kappa shape index (κ2) is 8.71. The summed E-state index contributed by atoms with van der Waals surface area (Å²) < 4.78 is 57.8. The molecule has 0 aliphatic carbocycles. The van der Waals surface area contributed by atoms with Gasteiger partial charge >= 0.3 is 12.3 Å². The van der Waals surface area contributed by atoms with Gasteiger partial charge < -0.3 is 9.64 Å². The standard InChI is InChI=1S/C19H25F4NO3/c1-6-24(17(26)27-18(3,4)5)11-10-12(2)16(25)13-8-7-9-14(15(13)20)19(21,22)23/h7-9,12H,6,10-11H2,1-5H3. The molecule has 4 nitrogen and oxygen atoms in total. The van der Waals surface area contributed by atoms with Gasteiger partial charge in [-0.15, -0.1) is 0 Å². The number of rotatable bonds is 6. The molecule has 1 aromatic carbocycles. The molecule has 1 atom stereocenters. The minimum Gasteiger partial charge on any atom is -0.444 e. The number of ketones is 1. The zero-order valence-corrected chi connectivity index (χ0v) is 16.1. The highest BCUT2D eigenvalue weighted by Gasteiger charge is 2.36. The fraction of sp³-hybridized carbons (Fsp3) is 0.579. The minimum atomic E-state index is -4.88. The summed E-state index contributed by atoms with van der Waals surface area (Å²) in [5, 5.41) is 0. The SMILES string of the molecule is CCN(CCC(C)C(=O)c1cccc(C(F)(F)F)c1F)C(=O)OC(C)(C)C. The van der Waals surface area contributed by atoms with Gasteiger partial charge in [-0.2, -0.15) is 13.2 Å². The van der Waals surface area contributed by atoms with Crippen molar-refractivity contribution in [2.45, 2.75) is 52.8 Å². The van der Waals surface area contributed by atoms with E-state index >= 15 is 0 Å². The van der Waals surface area contributed by atoms with Crippen LogP contribution in [-0.4, -0.2) is 35.5 Å². The zero-order chi connectivity index (χ0) is 21.0. The number of halogens is 4. The van der Waals surface area contributed by atoms with Crippen LogP contribution >= 0.6 is 0 Å². The van der Waals surface area contributed by atoms with Crippen molar-refractivity contribution in [3.8, 4) is 0 Å². The summed E-state index contributed by atoms with van der Waals surface area (Å²) in [6, 6.07) is 2.64. The minimum absolute atomic E-state index is 0.166. The van der Waals surface area contributed by atoms with E-state index in [4.69, 9.17) is 4.74 Å². The van der Waals surface area contributed by atoms with Crippen molar-refractivity contribution >= 4 is 11.9 Å². The summed E-state index contributed by atoms with van der Waals surface area (Å²) in [4.78, 5) is 25.9. The summed E-state index contributed by atoms with van der Waals surface area (Å²) in [7, 11) is 0. The lowest BCUT2D eigenvalue weighted by Crippen LogP contribution is -2.38. The van der Waals surface area contributed by atoms with Gasteiger partial charge in [0.2, 0.25) is 0 Å². The Balaban J connectivity index is 2.85. The molecule has 152 valence electrons. The lowest BCUT2D eigenvalue weighted by atomic mass is 9.94. The summed E-state index contributed by atoms with van der Waals surface area (Å²) in [6.07, 6.45) is -5.25. The first-order valence-electron chi connectivity index (χ1n) is 8.65. The predicted octanol–water partition coefficient (Wildman–Crippen LogP) is 5.31. The van der Waals surface area contributed by atoms with Crippen molar-refractivity contribution in [2.24, 2.45) is 5.92 Å². The first kappa shape index (κ1) is 22.9. The van der Waals surface area contributed by atoms with Gasteiger partial charge in [0.05, 0.1) is 11.1 Å². The average Bonchev–Trinajstić information content (AvgIpc) is 2.52. The number of carbonyl (C=O) groups excluding carboxylic acids is 2. The number of Topliss-reactive ketones (excluding diaryl/α,β-unsaturated/α-hetero) is 1. The smallest absolute Gasteiger partial charge is 0.419 e. The molecule has 27 heavy (non-hydrogen) atoms. The fourth-order valence-corrected chi connectivity index (χ4v) is 2.39. The second-order valence-corrected chi connectivity index (χ2v) is 7.28.